The molecule has 1 aliphatic rings. The van der Waals surface area contributed by atoms with E-state index in [9.17, 15) is 0 Å². The highest BCUT2D eigenvalue weighted by atomic mass is 79.9. The maximum absolute atomic E-state index is 5.76. The lowest BCUT2D eigenvalue weighted by Gasteiger charge is -2.34. The van der Waals surface area contributed by atoms with E-state index in [0.717, 1.165) is 10.2 Å². The lowest BCUT2D eigenvalue weighted by molar-refractivity contribution is 0.488. The second-order valence-electron chi connectivity index (χ2n) is 4.06. The molecule has 7 heteroatoms. The fourth-order valence-corrected chi connectivity index (χ4v) is 5.61. The van der Waals surface area contributed by atoms with Crippen LogP contribution in [0.5, 0.6) is 0 Å². The van der Waals surface area contributed by atoms with Crippen LogP contribution >= 0.6 is 39.5 Å². The van der Waals surface area contributed by atoms with Crippen molar-refractivity contribution in [1.29, 1.82) is 0 Å². The molecule has 1 aromatic heterocycles. The van der Waals surface area contributed by atoms with Gasteiger partial charge in [-0.2, -0.15) is 28.6 Å². The van der Waals surface area contributed by atoms with Gasteiger partial charge in [-0.1, -0.05) is 6.92 Å². The summed E-state index contributed by atoms with van der Waals surface area (Å²) in [6.45, 7) is 2.27. The van der Waals surface area contributed by atoms with Crippen molar-refractivity contribution in [2.75, 3.05) is 11.5 Å². The Hall–Kier alpha value is 0.310. The first-order valence-corrected chi connectivity index (χ1v) is 8.41. The van der Waals surface area contributed by atoms with Crippen molar-refractivity contribution in [3.05, 3.63) is 16.4 Å². The highest BCUT2D eigenvalue weighted by molar-refractivity contribution is 9.10. The van der Waals surface area contributed by atoms with Crippen molar-refractivity contribution < 1.29 is 0 Å². The molecule has 1 aromatic rings. The van der Waals surface area contributed by atoms with Gasteiger partial charge in [0.25, 0.3) is 0 Å². The molecule has 1 fully saturated rings. The molecule has 2 heterocycles. The van der Waals surface area contributed by atoms with Crippen molar-refractivity contribution in [3.63, 3.8) is 0 Å². The molecule has 0 spiro atoms. The predicted octanol–water partition coefficient (Wildman–Crippen LogP) is 1.92. The summed E-state index contributed by atoms with van der Waals surface area (Å²) in [4.78, 5) is 0. The number of rotatable bonds is 3. The summed E-state index contributed by atoms with van der Waals surface area (Å²) in [5.74, 6) is 8.18. The Morgan fingerprint density at radius 2 is 2.29 bits per heavy atom. The van der Waals surface area contributed by atoms with Crippen LogP contribution < -0.4 is 11.3 Å². The third kappa shape index (κ3) is 2.84. The molecular formula is C10H17BrN4S2. The molecule has 1 saturated heterocycles. The van der Waals surface area contributed by atoms with Crippen LogP contribution in [0.4, 0.5) is 0 Å². The number of aromatic nitrogens is 2. The van der Waals surface area contributed by atoms with E-state index >= 15 is 0 Å². The summed E-state index contributed by atoms with van der Waals surface area (Å²) < 4.78 is 2.91. The van der Waals surface area contributed by atoms with E-state index in [0.29, 0.717) is 10.5 Å². The molecular weight excluding hydrogens is 320 g/mol. The van der Waals surface area contributed by atoms with Gasteiger partial charge in [-0.05, 0) is 15.9 Å². The fourth-order valence-electron chi connectivity index (χ4n) is 2.12. The second-order valence-corrected chi connectivity index (χ2v) is 7.68. The van der Waals surface area contributed by atoms with Crippen LogP contribution in [0.15, 0.2) is 10.7 Å². The highest BCUT2D eigenvalue weighted by Crippen LogP contribution is 2.39. The van der Waals surface area contributed by atoms with E-state index in [1.807, 2.05) is 41.5 Å². The Labute approximate surface area is 119 Å². The van der Waals surface area contributed by atoms with Gasteiger partial charge in [0.2, 0.25) is 0 Å². The largest absolute Gasteiger partial charge is 0.271 e. The quantitative estimate of drug-likeness (QED) is 0.652. The van der Waals surface area contributed by atoms with Gasteiger partial charge in [0.1, 0.15) is 0 Å². The van der Waals surface area contributed by atoms with Crippen LogP contribution in [0.2, 0.25) is 0 Å². The van der Waals surface area contributed by atoms with Gasteiger partial charge in [0.05, 0.1) is 22.4 Å². The maximum atomic E-state index is 5.76. The maximum Gasteiger partial charge on any atom is 0.0769 e. The zero-order valence-corrected chi connectivity index (χ0v) is 13.1. The summed E-state index contributed by atoms with van der Waals surface area (Å²) in [5, 5.41) is 5.33. The van der Waals surface area contributed by atoms with E-state index in [1.165, 1.54) is 11.5 Å². The molecule has 3 atom stereocenters. The number of hydrazine groups is 1. The standard InChI is InChI=1S/C10H17BrN4S2/c1-6-10(17-4-3-16-6)8(14-12)9-7(11)5-13-15(9)2/h5-6,8,10,14H,3-4,12H2,1-2H3. The van der Waals surface area contributed by atoms with Gasteiger partial charge >= 0.3 is 0 Å². The first kappa shape index (κ1) is 13.7. The van der Waals surface area contributed by atoms with Crippen molar-refractivity contribution in [3.8, 4) is 0 Å². The third-order valence-corrected chi connectivity index (χ3v) is 6.78. The van der Waals surface area contributed by atoms with Gasteiger partial charge in [-0.3, -0.25) is 16.0 Å². The van der Waals surface area contributed by atoms with E-state index in [-0.39, 0.29) is 6.04 Å². The summed E-state index contributed by atoms with van der Waals surface area (Å²) in [6, 6.07) is 0.129. The molecule has 0 aliphatic carbocycles. The number of thioether (sulfide) groups is 2. The topological polar surface area (TPSA) is 55.9 Å². The first-order valence-electron chi connectivity index (χ1n) is 5.52. The molecule has 0 radical (unpaired) electrons. The van der Waals surface area contributed by atoms with E-state index < -0.39 is 0 Å². The molecule has 0 amide bonds. The van der Waals surface area contributed by atoms with Gasteiger partial charge in [0, 0.05) is 29.1 Å². The molecule has 0 aromatic carbocycles. The highest BCUT2D eigenvalue weighted by Gasteiger charge is 2.33. The monoisotopic (exact) mass is 336 g/mol. The number of nitrogens with one attached hydrogen (secondary N) is 1. The second kappa shape index (κ2) is 5.97. The molecule has 2 rings (SSSR count). The van der Waals surface area contributed by atoms with Crippen molar-refractivity contribution in [1.82, 2.24) is 15.2 Å². The van der Waals surface area contributed by atoms with Gasteiger partial charge < -0.3 is 0 Å². The van der Waals surface area contributed by atoms with Crippen LogP contribution in [0.1, 0.15) is 18.7 Å². The zero-order valence-electron chi connectivity index (χ0n) is 9.89. The average molecular weight is 337 g/mol. The molecule has 1 aliphatic heterocycles. The number of aryl methyl sites for hydroxylation is 1. The summed E-state index contributed by atoms with van der Waals surface area (Å²) in [7, 11) is 1.95. The summed E-state index contributed by atoms with van der Waals surface area (Å²) in [5.41, 5.74) is 4.09. The normalized spacial score (nSPS) is 27.1. The van der Waals surface area contributed by atoms with Crippen LogP contribution in [0, 0.1) is 0 Å². The molecule has 17 heavy (non-hydrogen) atoms. The molecule has 3 N–H and O–H groups in total. The van der Waals surface area contributed by atoms with Crippen molar-refractivity contribution >= 4 is 39.5 Å². The number of hydrogen-bond donors (Lipinski definition) is 2. The Morgan fingerprint density at radius 3 is 2.82 bits per heavy atom. The number of hydrogen-bond acceptors (Lipinski definition) is 5. The van der Waals surface area contributed by atoms with Crippen molar-refractivity contribution in [2.45, 2.75) is 23.5 Å². The number of nitrogens with two attached hydrogens (primary N) is 1. The number of halogens is 1. The minimum atomic E-state index is 0.129. The summed E-state index contributed by atoms with van der Waals surface area (Å²) >= 11 is 7.56. The Bertz CT molecular complexity index is 365. The Morgan fingerprint density at radius 1 is 1.59 bits per heavy atom. The number of nitrogens with zero attached hydrogens (tertiary/aromatic N) is 2. The van der Waals surface area contributed by atoms with Gasteiger partial charge in [-0.25, -0.2) is 0 Å². The Kier molecular flexibility index (Phi) is 4.82. The van der Waals surface area contributed by atoms with Crippen LogP contribution in [-0.4, -0.2) is 31.8 Å². The van der Waals surface area contributed by atoms with Crippen LogP contribution in [-0.2, 0) is 7.05 Å². The smallest absolute Gasteiger partial charge is 0.0769 e. The molecule has 4 nitrogen and oxygen atoms in total. The minimum absolute atomic E-state index is 0.129. The van der Waals surface area contributed by atoms with Crippen LogP contribution in [0.25, 0.3) is 0 Å². The molecule has 0 saturated carbocycles. The lowest BCUT2D eigenvalue weighted by Crippen LogP contribution is -2.42. The fraction of sp³-hybridized carbons (Fsp3) is 0.700. The third-order valence-electron chi connectivity index (χ3n) is 2.98. The van der Waals surface area contributed by atoms with Crippen molar-refractivity contribution in [2.24, 2.45) is 12.9 Å². The van der Waals surface area contributed by atoms with E-state index in [1.54, 1.807) is 0 Å². The lowest BCUT2D eigenvalue weighted by atomic mass is 10.1. The summed E-state index contributed by atoms with van der Waals surface area (Å²) in [6.07, 6.45) is 1.82. The average Bonchev–Trinajstić information content (AvgIpc) is 2.64. The zero-order chi connectivity index (χ0) is 12.4. The molecule has 0 bridgehead atoms. The van der Waals surface area contributed by atoms with Gasteiger partial charge in [0.15, 0.2) is 0 Å². The predicted molar refractivity (Wildman–Crippen MR) is 79.1 cm³/mol. The molecule has 3 unspecified atom stereocenters. The van der Waals surface area contributed by atoms with Gasteiger partial charge in [-0.15, -0.1) is 0 Å². The van der Waals surface area contributed by atoms with E-state index in [2.05, 4.69) is 33.4 Å². The van der Waals surface area contributed by atoms with E-state index in [4.69, 9.17) is 5.84 Å². The SMILES string of the molecule is CC1SCCSC1C(NN)c1c(Br)cnn1C. The Balaban J connectivity index is 2.26. The first-order chi connectivity index (χ1) is 8.15. The molecule has 96 valence electrons. The minimum Gasteiger partial charge on any atom is -0.271 e. The van der Waals surface area contributed by atoms with Crippen LogP contribution in [0.3, 0.4) is 0 Å².